The second-order valence-corrected chi connectivity index (χ2v) is 7.78. The number of aryl methyl sites for hydroxylation is 3. The molecule has 0 radical (unpaired) electrons. The first-order chi connectivity index (χ1) is 12.2. The van der Waals surface area contributed by atoms with Crippen molar-refractivity contribution in [2.24, 2.45) is 0 Å². The van der Waals surface area contributed by atoms with Crippen LogP contribution >= 0.6 is 0 Å². The molecule has 0 heterocycles. The fourth-order valence-corrected chi connectivity index (χ4v) is 3.87. The lowest BCUT2D eigenvalue weighted by molar-refractivity contribution is 0.0600. The summed E-state index contributed by atoms with van der Waals surface area (Å²) in [5.74, 6) is 0.201. The summed E-state index contributed by atoms with van der Waals surface area (Å²) in [7, 11) is -2.42. The lowest BCUT2D eigenvalue weighted by Gasteiger charge is -2.12. The van der Waals surface area contributed by atoms with Gasteiger partial charge in [0.15, 0.2) is 0 Å². The lowest BCUT2D eigenvalue weighted by atomic mass is 10.1. The van der Waals surface area contributed by atoms with E-state index in [0.717, 1.165) is 11.1 Å². The fraction of sp³-hybridized carbons (Fsp3) is 0.316. The maximum atomic E-state index is 12.4. The number of rotatable bonds is 7. The van der Waals surface area contributed by atoms with Crippen LogP contribution in [-0.2, 0) is 14.8 Å². The fourth-order valence-electron chi connectivity index (χ4n) is 2.63. The lowest BCUT2D eigenvalue weighted by Crippen LogP contribution is -2.29. The van der Waals surface area contributed by atoms with Gasteiger partial charge in [0.25, 0.3) is 0 Å². The Balaban J connectivity index is 1.99. The van der Waals surface area contributed by atoms with Crippen LogP contribution in [0.5, 0.6) is 5.75 Å². The number of hydrogen-bond donors (Lipinski definition) is 1. The molecule has 0 amide bonds. The molecular weight excluding hydrogens is 354 g/mol. The Labute approximate surface area is 154 Å². The Morgan fingerprint density at radius 3 is 2.27 bits per heavy atom. The molecule has 2 rings (SSSR count). The first-order valence-electron chi connectivity index (χ1n) is 8.12. The van der Waals surface area contributed by atoms with E-state index in [-0.39, 0.29) is 18.0 Å². The summed E-state index contributed by atoms with van der Waals surface area (Å²) >= 11 is 0. The van der Waals surface area contributed by atoms with Crippen molar-refractivity contribution in [1.82, 2.24) is 4.72 Å². The van der Waals surface area contributed by atoms with Crippen molar-refractivity contribution in [3.63, 3.8) is 0 Å². The van der Waals surface area contributed by atoms with Crippen LogP contribution in [0.1, 0.15) is 27.0 Å². The molecule has 2 aromatic rings. The third kappa shape index (κ3) is 5.06. The third-order valence-corrected chi connectivity index (χ3v) is 5.36. The molecular formula is C19H23NO5S. The van der Waals surface area contributed by atoms with Crippen molar-refractivity contribution in [3.05, 3.63) is 58.7 Å². The normalized spacial score (nSPS) is 11.2. The van der Waals surface area contributed by atoms with E-state index >= 15 is 0 Å². The Kier molecular flexibility index (Phi) is 6.39. The Morgan fingerprint density at radius 2 is 1.69 bits per heavy atom. The van der Waals surface area contributed by atoms with Crippen molar-refractivity contribution in [2.75, 3.05) is 20.3 Å². The number of benzene rings is 2. The third-order valence-electron chi connectivity index (χ3n) is 3.74. The quantitative estimate of drug-likeness (QED) is 0.593. The van der Waals surface area contributed by atoms with Crippen molar-refractivity contribution in [3.8, 4) is 5.75 Å². The highest BCUT2D eigenvalue weighted by atomic mass is 32.2. The predicted molar refractivity (Wildman–Crippen MR) is 99.1 cm³/mol. The molecule has 26 heavy (non-hydrogen) atoms. The Morgan fingerprint density at radius 1 is 1.04 bits per heavy atom. The van der Waals surface area contributed by atoms with Crippen LogP contribution in [0.2, 0.25) is 0 Å². The first kappa shape index (κ1) is 19.9. The molecule has 0 saturated heterocycles. The van der Waals surface area contributed by atoms with Gasteiger partial charge in [0.2, 0.25) is 10.0 Å². The molecule has 0 aliphatic carbocycles. The highest BCUT2D eigenvalue weighted by Crippen LogP contribution is 2.18. The summed E-state index contributed by atoms with van der Waals surface area (Å²) in [4.78, 5) is 11.6. The van der Waals surface area contributed by atoms with Gasteiger partial charge in [-0.1, -0.05) is 6.07 Å². The van der Waals surface area contributed by atoms with Gasteiger partial charge in [-0.2, -0.15) is 0 Å². The topological polar surface area (TPSA) is 81.7 Å². The number of esters is 1. The van der Waals surface area contributed by atoms with E-state index in [9.17, 15) is 13.2 Å². The molecule has 0 aliphatic rings. The molecule has 0 bridgehead atoms. The van der Waals surface area contributed by atoms with Crippen molar-refractivity contribution in [1.29, 1.82) is 0 Å². The monoisotopic (exact) mass is 377 g/mol. The van der Waals surface area contributed by atoms with Crippen LogP contribution in [0, 0.1) is 20.8 Å². The minimum absolute atomic E-state index is 0.122. The molecule has 0 fully saturated rings. The van der Waals surface area contributed by atoms with E-state index < -0.39 is 16.0 Å². The van der Waals surface area contributed by atoms with Crippen molar-refractivity contribution < 1.29 is 22.7 Å². The van der Waals surface area contributed by atoms with Gasteiger partial charge in [0.05, 0.1) is 17.6 Å². The van der Waals surface area contributed by atoms with Gasteiger partial charge in [-0.05, 0) is 67.8 Å². The van der Waals surface area contributed by atoms with Gasteiger partial charge in [-0.25, -0.2) is 17.9 Å². The van der Waals surface area contributed by atoms with Gasteiger partial charge < -0.3 is 9.47 Å². The molecule has 2 aromatic carbocycles. The SMILES string of the molecule is COC(=O)c1ccc(S(=O)(=O)NCCOc2cc(C)cc(C)c2)c(C)c1. The summed E-state index contributed by atoms with van der Waals surface area (Å²) in [5, 5.41) is 0. The van der Waals surface area contributed by atoms with Gasteiger partial charge in [0, 0.05) is 6.54 Å². The zero-order valence-corrected chi connectivity index (χ0v) is 16.1. The maximum absolute atomic E-state index is 12.4. The largest absolute Gasteiger partial charge is 0.492 e. The summed E-state index contributed by atoms with van der Waals surface area (Å²) < 4.78 is 37.6. The number of methoxy groups -OCH3 is 1. The van der Waals surface area contributed by atoms with E-state index in [1.54, 1.807) is 6.92 Å². The van der Waals surface area contributed by atoms with Crippen LogP contribution < -0.4 is 9.46 Å². The van der Waals surface area contributed by atoms with Crippen LogP contribution in [0.25, 0.3) is 0 Å². The molecule has 140 valence electrons. The van der Waals surface area contributed by atoms with E-state index in [2.05, 4.69) is 9.46 Å². The predicted octanol–water partition coefficient (Wildman–Crippen LogP) is 2.76. The number of hydrogen-bond acceptors (Lipinski definition) is 5. The Bertz CT molecular complexity index is 886. The average Bonchev–Trinajstić information content (AvgIpc) is 2.57. The highest BCUT2D eigenvalue weighted by Gasteiger charge is 2.18. The maximum Gasteiger partial charge on any atom is 0.337 e. The molecule has 0 spiro atoms. The molecule has 0 unspecified atom stereocenters. The molecule has 0 aromatic heterocycles. The van der Waals surface area contributed by atoms with Gasteiger partial charge in [0.1, 0.15) is 12.4 Å². The molecule has 0 atom stereocenters. The number of sulfonamides is 1. The van der Waals surface area contributed by atoms with Gasteiger partial charge in [-0.3, -0.25) is 0 Å². The van der Waals surface area contributed by atoms with Crippen molar-refractivity contribution >= 4 is 16.0 Å². The minimum atomic E-state index is -3.69. The summed E-state index contributed by atoms with van der Waals surface area (Å²) in [6.07, 6.45) is 0. The van der Waals surface area contributed by atoms with E-state index in [0.29, 0.717) is 16.9 Å². The molecule has 0 aliphatic heterocycles. The first-order valence-corrected chi connectivity index (χ1v) is 9.61. The summed E-state index contributed by atoms with van der Waals surface area (Å²) in [5.41, 5.74) is 2.95. The summed E-state index contributed by atoms with van der Waals surface area (Å²) in [6, 6.07) is 10.2. The smallest absolute Gasteiger partial charge is 0.337 e. The Hall–Kier alpha value is -2.38. The second-order valence-electron chi connectivity index (χ2n) is 6.04. The number of ether oxygens (including phenoxy) is 2. The molecule has 1 N–H and O–H groups in total. The number of carbonyl (C=O) groups is 1. The van der Waals surface area contributed by atoms with Crippen LogP contribution in [0.15, 0.2) is 41.3 Å². The zero-order valence-electron chi connectivity index (χ0n) is 15.3. The van der Waals surface area contributed by atoms with Crippen LogP contribution in [0.3, 0.4) is 0 Å². The van der Waals surface area contributed by atoms with Gasteiger partial charge in [-0.15, -0.1) is 0 Å². The van der Waals surface area contributed by atoms with Crippen molar-refractivity contribution in [2.45, 2.75) is 25.7 Å². The molecule has 7 heteroatoms. The number of nitrogens with one attached hydrogen (secondary N) is 1. The van der Waals surface area contributed by atoms with Gasteiger partial charge >= 0.3 is 5.97 Å². The highest BCUT2D eigenvalue weighted by molar-refractivity contribution is 7.89. The minimum Gasteiger partial charge on any atom is -0.492 e. The number of carbonyl (C=O) groups excluding carboxylic acids is 1. The average molecular weight is 377 g/mol. The summed E-state index contributed by atoms with van der Waals surface area (Å²) in [6.45, 7) is 5.93. The van der Waals surface area contributed by atoms with E-state index in [1.807, 2.05) is 32.0 Å². The zero-order chi connectivity index (χ0) is 19.3. The van der Waals surface area contributed by atoms with Crippen LogP contribution in [0.4, 0.5) is 0 Å². The van der Waals surface area contributed by atoms with E-state index in [4.69, 9.17) is 4.74 Å². The molecule has 6 nitrogen and oxygen atoms in total. The van der Waals surface area contributed by atoms with Crippen LogP contribution in [-0.4, -0.2) is 34.6 Å². The second kappa shape index (κ2) is 8.33. The molecule has 0 saturated carbocycles. The standard InChI is InChI=1S/C19H23NO5S/c1-13-9-14(2)11-17(10-13)25-8-7-20-26(22,23)18-6-5-16(12-15(18)3)19(21)24-4/h5-6,9-12,20H,7-8H2,1-4H3. The van der Waals surface area contributed by atoms with E-state index in [1.165, 1.54) is 25.3 Å².